The zero-order valence-electron chi connectivity index (χ0n) is 15.3. The lowest BCUT2D eigenvalue weighted by Crippen LogP contribution is -2.32. The normalized spacial score (nSPS) is 16.0. The van der Waals surface area contributed by atoms with Crippen LogP contribution in [-0.4, -0.2) is 23.0 Å². The van der Waals surface area contributed by atoms with E-state index in [-0.39, 0.29) is 11.5 Å². The smallest absolute Gasteiger partial charge is 0.229 e. The Kier molecular flexibility index (Phi) is 5.03. The Bertz CT molecular complexity index is 915. The van der Waals surface area contributed by atoms with E-state index in [9.17, 15) is 8.78 Å². The summed E-state index contributed by atoms with van der Waals surface area (Å²) in [5, 5.41) is 0. The molecule has 0 aliphatic carbocycles. The molecule has 1 aliphatic heterocycles. The van der Waals surface area contributed by atoms with Gasteiger partial charge in [-0.1, -0.05) is 36.4 Å². The van der Waals surface area contributed by atoms with Crippen LogP contribution in [0.25, 0.3) is 11.5 Å². The van der Waals surface area contributed by atoms with Crippen molar-refractivity contribution >= 4 is 0 Å². The standard InChI is InChI=1S/C22H22F2N2O/c1-15-20(25-22(27-15)18-8-5-9-19(23)21(18)24)14-26-12-10-17(11-13-26)16-6-3-2-4-7-16/h2-9,17H,10-14H2,1H3. The minimum absolute atomic E-state index is 0.0622. The maximum atomic E-state index is 14.0. The quantitative estimate of drug-likeness (QED) is 0.625. The first-order chi connectivity index (χ1) is 13.1. The van der Waals surface area contributed by atoms with E-state index in [1.54, 1.807) is 0 Å². The minimum Gasteiger partial charge on any atom is -0.441 e. The zero-order valence-corrected chi connectivity index (χ0v) is 15.3. The lowest BCUT2D eigenvalue weighted by atomic mass is 9.89. The summed E-state index contributed by atoms with van der Waals surface area (Å²) in [6.45, 7) is 4.44. The summed E-state index contributed by atoms with van der Waals surface area (Å²) >= 11 is 0. The summed E-state index contributed by atoms with van der Waals surface area (Å²) in [6.07, 6.45) is 2.21. The van der Waals surface area contributed by atoms with E-state index in [2.05, 4.69) is 34.1 Å². The number of rotatable bonds is 4. The molecule has 4 rings (SSSR count). The Morgan fingerprint density at radius 1 is 1.04 bits per heavy atom. The van der Waals surface area contributed by atoms with Crippen molar-refractivity contribution in [3.05, 3.63) is 77.2 Å². The first kappa shape index (κ1) is 17.9. The number of aromatic nitrogens is 1. The number of likely N-dealkylation sites (tertiary alicyclic amines) is 1. The van der Waals surface area contributed by atoms with Gasteiger partial charge in [0.15, 0.2) is 11.6 Å². The van der Waals surface area contributed by atoms with E-state index in [4.69, 9.17) is 4.42 Å². The predicted molar refractivity (Wildman–Crippen MR) is 100 cm³/mol. The van der Waals surface area contributed by atoms with E-state index in [0.29, 0.717) is 18.2 Å². The lowest BCUT2D eigenvalue weighted by Gasteiger charge is -2.31. The Morgan fingerprint density at radius 2 is 1.78 bits per heavy atom. The van der Waals surface area contributed by atoms with Gasteiger partial charge >= 0.3 is 0 Å². The summed E-state index contributed by atoms with van der Waals surface area (Å²) in [6, 6.07) is 14.7. The van der Waals surface area contributed by atoms with Gasteiger partial charge in [-0.05, 0) is 56.5 Å². The second kappa shape index (κ2) is 7.61. The van der Waals surface area contributed by atoms with Gasteiger partial charge in [0.1, 0.15) is 5.76 Å². The zero-order chi connectivity index (χ0) is 18.8. The Morgan fingerprint density at radius 3 is 2.52 bits per heavy atom. The van der Waals surface area contributed by atoms with Crippen LogP contribution in [0.1, 0.15) is 35.8 Å². The van der Waals surface area contributed by atoms with Crippen LogP contribution in [0.2, 0.25) is 0 Å². The predicted octanol–water partition coefficient (Wildman–Crippen LogP) is 5.31. The lowest BCUT2D eigenvalue weighted by molar-refractivity contribution is 0.202. The number of hydrogen-bond acceptors (Lipinski definition) is 3. The molecule has 0 amide bonds. The van der Waals surface area contributed by atoms with Crippen molar-refractivity contribution in [2.45, 2.75) is 32.2 Å². The highest BCUT2D eigenvalue weighted by Gasteiger charge is 2.23. The number of hydrogen-bond donors (Lipinski definition) is 0. The number of oxazole rings is 1. The molecular formula is C22H22F2N2O. The van der Waals surface area contributed by atoms with Crippen molar-refractivity contribution in [2.24, 2.45) is 0 Å². The molecule has 0 N–H and O–H groups in total. The third-order valence-corrected chi connectivity index (χ3v) is 5.31. The molecule has 3 aromatic rings. The van der Waals surface area contributed by atoms with Crippen LogP contribution in [0.4, 0.5) is 8.78 Å². The number of aryl methyl sites for hydroxylation is 1. The number of nitrogens with zero attached hydrogens (tertiary/aromatic N) is 2. The van der Waals surface area contributed by atoms with E-state index >= 15 is 0 Å². The topological polar surface area (TPSA) is 29.3 Å². The van der Waals surface area contributed by atoms with Crippen molar-refractivity contribution < 1.29 is 13.2 Å². The highest BCUT2D eigenvalue weighted by atomic mass is 19.2. The second-order valence-electron chi connectivity index (χ2n) is 7.08. The third-order valence-electron chi connectivity index (χ3n) is 5.31. The number of piperidine rings is 1. The van der Waals surface area contributed by atoms with E-state index in [0.717, 1.165) is 37.7 Å². The average Bonchev–Trinajstić information content (AvgIpc) is 3.05. The van der Waals surface area contributed by atoms with Gasteiger partial charge in [0.25, 0.3) is 0 Å². The summed E-state index contributed by atoms with van der Waals surface area (Å²) in [7, 11) is 0. The van der Waals surface area contributed by atoms with Gasteiger partial charge in [0.2, 0.25) is 5.89 Å². The second-order valence-corrected chi connectivity index (χ2v) is 7.08. The molecule has 0 radical (unpaired) electrons. The molecule has 1 fully saturated rings. The minimum atomic E-state index is -0.922. The van der Waals surface area contributed by atoms with Crippen molar-refractivity contribution in [3.63, 3.8) is 0 Å². The van der Waals surface area contributed by atoms with Crippen LogP contribution in [0.5, 0.6) is 0 Å². The van der Waals surface area contributed by atoms with E-state index < -0.39 is 11.6 Å². The first-order valence-corrected chi connectivity index (χ1v) is 9.30. The van der Waals surface area contributed by atoms with Crippen LogP contribution in [0.15, 0.2) is 52.9 Å². The van der Waals surface area contributed by atoms with Gasteiger partial charge in [-0.25, -0.2) is 13.8 Å². The molecule has 0 atom stereocenters. The molecule has 1 saturated heterocycles. The highest BCUT2D eigenvalue weighted by molar-refractivity contribution is 5.54. The first-order valence-electron chi connectivity index (χ1n) is 9.30. The fourth-order valence-electron chi connectivity index (χ4n) is 3.72. The number of halogens is 2. The van der Waals surface area contributed by atoms with Crippen LogP contribution >= 0.6 is 0 Å². The van der Waals surface area contributed by atoms with E-state index in [1.165, 1.54) is 17.7 Å². The molecule has 0 unspecified atom stereocenters. The molecule has 0 bridgehead atoms. The summed E-state index contributed by atoms with van der Waals surface area (Å²) < 4.78 is 33.1. The van der Waals surface area contributed by atoms with Gasteiger partial charge in [-0.3, -0.25) is 4.90 Å². The van der Waals surface area contributed by atoms with Gasteiger partial charge in [-0.2, -0.15) is 0 Å². The molecule has 1 aromatic heterocycles. The van der Waals surface area contributed by atoms with Gasteiger partial charge < -0.3 is 4.42 Å². The van der Waals surface area contributed by atoms with Gasteiger partial charge in [-0.15, -0.1) is 0 Å². The van der Waals surface area contributed by atoms with Gasteiger partial charge in [0, 0.05) is 6.54 Å². The Balaban J connectivity index is 1.44. The number of benzene rings is 2. The van der Waals surface area contributed by atoms with Crippen LogP contribution in [0.3, 0.4) is 0 Å². The van der Waals surface area contributed by atoms with Gasteiger partial charge in [0.05, 0.1) is 11.3 Å². The fraction of sp³-hybridized carbons (Fsp3) is 0.318. The third kappa shape index (κ3) is 3.78. The van der Waals surface area contributed by atoms with Crippen molar-refractivity contribution in [3.8, 4) is 11.5 Å². The summed E-state index contributed by atoms with van der Waals surface area (Å²) in [5.41, 5.74) is 2.25. The van der Waals surface area contributed by atoms with Crippen molar-refractivity contribution in [2.75, 3.05) is 13.1 Å². The van der Waals surface area contributed by atoms with Crippen LogP contribution in [-0.2, 0) is 6.54 Å². The maximum absolute atomic E-state index is 14.0. The molecular weight excluding hydrogens is 346 g/mol. The van der Waals surface area contributed by atoms with Crippen LogP contribution in [0, 0.1) is 18.6 Å². The largest absolute Gasteiger partial charge is 0.441 e. The summed E-state index contributed by atoms with van der Waals surface area (Å²) in [4.78, 5) is 6.78. The molecule has 2 aromatic carbocycles. The van der Waals surface area contributed by atoms with Crippen molar-refractivity contribution in [1.82, 2.24) is 9.88 Å². The molecule has 0 saturated carbocycles. The van der Waals surface area contributed by atoms with Crippen LogP contribution < -0.4 is 0 Å². The Hall–Kier alpha value is -2.53. The maximum Gasteiger partial charge on any atom is 0.229 e. The SMILES string of the molecule is Cc1oc(-c2cccc(F)c2F)nc1CN1CCC(c2ccccc2)CC1. The monoisotopic (exact) mass is 368 g/mol. The molecule has 1 aliphatic rings. The molecule has 3 nitrogen and oxygen atoms in total. The molecule has 2 heterocycles. The Labute approximate surface area is 157 Å². The molecule has 0 spiro atoms. The van der Waals surface area contributed by atoms with Crippen molar-refractivity contribution in [1.29, 1.82) is 0 Å². The molecule has 140 valence electrons. The highest BCUT2D eigenvalue weighted by Crippen LogP contribution is 2.30. The molecule has 27 heavy (non-hydrogen) atoms. The van der Waals surface area contributed by atoms with E-state index in [1.807, 2.05) is 13.0 Å². The average molecular weight is 368 g/mol. The fourth-order valence-corrected chi connectivity index (χ4v) is 3.72. The molecule has 5 heteroatoms. The summed E-state index contributed by atoms with van der Waals surface area (Å²) in [5.74, 6) is -0.433.